The van der Waals surface area contributed by atoms with E-state index in [1.807, 2.05) is 30.3 Å². The quantitative estimate of drug-likeness (QED) is 0.869. The van der Waals surface area contributed by atoms with Crippen molar-refractivity contribution in [3.8, 4) is 6.07 Å². The number of anilines is 1. The normalized spacial score (nSPS) is 11.5. The molecule has 0 spiro atoms. The van der Waals surface area contributed by atoms with Crippen molar-refractivity contribution in [1.82, 2.24) is 0 Å². The van der Waals surface area contributed by atoms with Crippen LogP contribution in [0.25, 0.3) is 0 Å². The van der Waals surface area contributed by atoms with Crippen LogP contribution in [-0.2, 0) is 0 Å². The smallest absolute Gasteiger partial charge is 0.140 e. The Bertz CT molecular complexity index is 514. The molecule has 0 radical (unpaired) electrons. The summed E-state index contributed by atoms with van der Waals surface area (Å²) in [5, 5.41) is 12.2. The lowest BCUT2D eigenvalue weighted by Crippen LogP contribution is -2.08. The highest BCUT2D eigenvalue weighted by Crippen LogP contribution is 2.18. The topological polar surface area (TPSA) is 35.8 Å². The van der Waals surface area contributed by atoms with Crippen molar-refractivity contribution in [2.24, 2.45) is 0 Å². The number of nitrogens with zero attached hydrogens (tertiary/aromatic N) is 1. The highest BCUT2D eigenvalue weighted by atomic mass is 19.1. The largest absolute Gasteiger partial charge is 0.366 e. The first-order valence-electron chi connectivity index (χ1n) is 5.26. The molecule has 17 heavy (non-hydrogen) atoms. The van der Waals surface area contributed by atoms with Crippen LogP contribution < -0.4 is 5.32 Å². The molecule has 84 valence electrons. The molecule has 0 aliphatic carbocycles. The number of nitrogens with one attached hydrogen (secondary N) is 1. The first kappa shape index (κ1) is 11.2. The first-order valence-corrected chi connectivity index (χ1v) is 5.26. The van der Waals surface area contributed by atoms with E-state index in [4.69, 9.17) is 5.26 Å². The summed E-state index contributed by atoms with van der Waals surface area (Å²) in [5.41, 5.74) is 1.61. The Morgan fingerprint density at radius 2 is 1.65 bits per heavy atom. The molecule has 0 saturated heterocycles. The first-order chi connectivity index (χ1) is 8.29. The van der Waals surface area contributed by atoms with Crippen molar-refractivity contribution >= 4 is 5.69 Å². The average molecular weight is 226 g/mol. The van der Waals surface area contributed by atoms with Gasteiger partial charge in [0.2, 0.25) is 0 Å². The van der Waals surface area contributed by atoms with Gasteiger partial charge in [0.05, 0.1) is 6.07 Å². The van der Waals surface area contributed by atoms with E-state index >= 15 is 0 Å². The van der Waals surface area contributed by atoms with Crippen molar-refractivity contribution in [3.05, 3.63) is 66.0 Å². The summed E-state index contributed by atoms with van der Waals surface area (Å²) in [6, 6.07) is 17.1. The minimum absolute atomic E-state index is 0.301. The van der Waals surface area contributed by atoms with Crippen molar-refractivity contribution < 1.29 is 4.39 Å². The Labute approximate surface area is 99.3 Å². The number of halogens is 1. The van der Waals surface area contributed by atoms with Gasteiger partial charge in [-0.05, 0) is 29.8 Å². The predicted octanol–water partition coefficient (Wildman–Crippen LogP) is 3.50. The third-order valence-electron chi connectivity index (χ3n) is 2.42. The predicted molar refractivity (Wildman–Crippen MR) is 64.8 cm³/mol. The Hall–Kier alpha value is -2.34. The number of nitriles is 1. The van der Waals surface area contributed by atoms with E-state index in [0.29, 0.717) is 0 Å². The van der Waals surface area contributed by atoms with Crippen molar-refractivity contribution in [3.63, 3.8) is 0 Å². The van der Waals surface area contributed by atoms with Crippen LogP contribution in [0.5, 0.6) is 0 Å². The number of hydrogen-bond donors (Lipinski definition) is 1. The van der Waals surface area contributed by atoms with E-state index in [2.05, 4.69) is 11.4 Å². The molecular formula is C14H11FN2. The molecule has 0 aliphatic rings. The molecule has 0 amide bonds. The third kappa shape index (κ3) is 2.82. The molecule has 0 heterocycles. The number of para-hydroxylation sites is 1. The SMILES string of the molecule is N#CC(Nc1ccccc1)c1ccc(F)cc1. The summed E-state index contributed by atoms with van der Waals surface area (Å²) in [6.45, 7) is 0. The van der Waals surface area contributed by atoms with Gasteiger partial charge in [0.1, 0.15) is 11.9 Å². The van der Waals surface area contributed by atoms with Gasteiger partial charge in [0, 0.05) is 5.69 Å². The molecular weight excluding hydrogens is 215 g/mol. The maximum Gasteiger partial charge on any atom is 0.140 e. The Morgan fingerprint density at radius 3 is 2.24 bits per heavy atom. The Kier molecular flexibility index (Phi) is 3.37. The van der Waals surface area contributed by atoms with Crippen LogP contribution in [0.4, 0.5) is 10.1 Å². The van der Waals surface area contributed by atoms with Crippen LogP contribution >= 0.6 is 0 Å². The third-order valence-corrected chi connectivity index (χ3v) is 2.42. The summed E-state index contributed by atoms with van der Waals surface area (Å²) in [6.07, 6.45) is 0. The standard InChI is InChI=1S/C14H11FN2/c15-12-8-6-11(7-9-12)14(10-16)17-13-4-2-1-3-5-13/h1-9,14,17H. The number of rotatable bonds is 3. The fraction of sp³-hybridized carbons (Fsp3) is 0.0714. The molecule has 3 heteroatoms. The zero-order chi connectivity index (χ0) is 12.1. The molecule has 2 aromatic carbocycles. The second kappa shape index (κ2) is 5.13. The summed E-state index contributed by atoms with van der Waals surface area (Å²) in [5.74, 6) is -0.301. The fourth-order valence-corrected chi connectivity index (χ4v) is 1.55. The molecule has 2 nitrogen and oxygen atoms in total. The molecule has 1 atom stereocenters. The van der Waals surface area contributed by atoms with Crippen molar-refractivity contribution in [1.29, 1.82) is 5.26 Å². The monoisotopic (exact) mass is 226 g/mol. The molecule has 0 saturated carbocycles. The van der Waals surface area contributed by atoms with Crippen molar-refractivity contribution in [2.75, 3.05) is 5.32 Å². The van der Waals surface area contributed by atoms with Gasteiger partial charge in [-0.1, -0.05) is 30.3 Å². The van der Waals surface area contributed by atoms with Gasteiger partial charge in [-0.3, -0.25) is 0 Å². The Balaban J connectivity index is 2.18. The summed E-state index contributed by atoms with van der Waals surface area (Å²) in [4.78, 5) is 0. The van der Waals surface area contributed by atoms with E-state index in [-0.39, 0.29) is 5.82 Å². The fourth-order valence-electron chi connectivity index (χ4n) is 1.55. The molecule has 2 rings (SSSR count). The zero-order valence-electron chi connectivity index (χ0n) is 9.10. The van der Waals surface area contributed by atoms with E-state index in [9.17, 15) is 4.39 Å². The maximum absolute atomic E-state index is 12.8. The summed E-state index contributed by atoms with van der Waals surface area (Å²) in [7, 11) is 0. The average Bonchev–Trinajstić information content (AvgIpc) is 2.38. The minimum Gasteiger partial charge on any atom is -0.366 e. The second-order valence-corrected chi connectivity index (χ2v) is 3.62. The molecule has 1 N–H and O–H groups in total. The summed E-state index contributed by atoms with van der Waals surface area (Å²) < 4.78 is 12.8. The van der Waals surface area contributed by atoms with Gasteiger partial charge in [-0.2, -0.15) is 5.26 Å². The van der Waals surface area contributed by atoms with Gasteiger partial charge in [0.15, 0.2) is 0 Å². The van der Waals surface area contributed by atoms with E-state index in [0.717, 1.165) is 11.3 Å². The van der Waals surface area contributed by atoms with E-state index in [1.54, 1.807) is 12.1 Å². The number of hydrogen-bond acceptors (Lipinski definition) is 2. The highest BCUT2D eigenvalue weighted by molar-refractivity contribution is 5.47. The van der Waals surface area contributed by atoms with E-state index < -0.39 is 6.04 Å². The van der Waals surface area contributed by atoms with Crippen LogP contribution in [-0.4, -0.2) is 0 Å². The molecule has 0 bridgehead atoms. The van der Waals surface area contributed by atoms with Gasteiger partial charge in [-0.15, -0.1) is 0 Å². The maximum atomic E-state index is 12.8. The lowest BCUT2D eigenvalue weighted by atomic mass is 10.1. The molecule has 0 aliphatic heterocycles. The Morgan fingerprint density at radius 1 is 1.00 bits per heavy atom. The van der Waals surface area contributed by atoms with Crippen LogP contribution in [0.15, 0.2) is 54.6 Å². The molecule has 0 aromatic heterocycles. The van der Waals surface area contributed by atoms with E-state index in [1.165, 1.54) is 12.1 Å². The molecule has 2 aromatic rings. The highest BCUT2D eigenvalue weighted by Gasteiger charge is 2.09. The lowest BCUT2D eigenvalue weighted by molar-refractivity contribution is 0.627. The van der Waals surface area contributed by atoms with Crippen LogP contribution in [0.2, 0.25) is 0 Å². The second-order valence-electron chi connectivity index (χ2n) is 3.62. The minimum atomic E-state index is -0.474. The molecule has 1 unspecified atom stereocenters. The van der Waals surface area contributed by atoms with Gasteiger partial charge in [0.25, 0.3) is 0 Å². The van der Waals surface area contributed by atoms with Gasteiger partial charge < -0.3 is 5.32 Å². The molecule has 0 fully saturated rings. The lowest BCUT2D eigenvalue weighted by Gasteiger charge is -2.13. The van der Waals surface area contributed by atoms with Crippen LogP contribution in [0.1, 0.15) is 11.6 Å². The number of benzene rings is 2. The van der Waals surface area contributed by atoms with Crippen LogP contribution in [0.3, 0.4) is 0 Å². The van der Waals surface area contributed by atoms with Gasteiger partial charge >= 0.3 is 0 Å². The van der Waals surface area contributed by atoms with Crippen molar-refractivity contribution in [2.45, 2.75) is 6.04 Å². The zero-order valence-corrected chi connectivity index (χ0v) is 9.10. The van der Waals surface area contributed by atoms with Gasteiger partial charge in [-0.25, -0.2) is 4.39 Å². The van der Waals surface area contributed by atoms with Crippen LogP contribution in [0, 0.1) is 17.1 Å². The summed E-state index contributed by atoms with van der Waals surface area (Å²) >= 11 is 0.